The third-order valence-electron chi connectivity index (χ3n) is 6.66. The van der Waals surface area contributed by atoms with Crippen LogP contribution in [0.2, 0.25) is 0 Å². The van der Waals surface area contributed by atoms with E-state index in [1.165, 1.54) is 17.0 Å². The quantitative estimate of drug-likeness (QED) is 0.566. The lowest BCUT2D eigenvalue weighted by molar-refractivity contribution is -0.139. The van der Waals surface area contributed by atoms with E-state index >= 15 is 0 Å². The summed E-state index contributed by atoms with van der Waals surface area (Å²) in [5.41, 5.74) is 2.71. The molecule has 9 heteroatoms. The molecule has 1 N–H and O–H groups in total. The van der Waals surface area contributed by atoms with Crippen LogP contribution in [-0.2, 0) is 26.2 Å². The highest BCUT2D eigenvalue weighted by Gasteiger charge is 2.31. The van der Waals surface area contributed by atoms with Crippen LogP contribution in [0, 0.1) is 19.7 Å². The van der Waals surface area contributed by atoms with Crippen LogP contribution < -0.4 is 9.62 Å². The van der Waals surface area contributed by atoms with Crippen LogP contribution in [0.25, 0.3) is 0 Å². The molecule has 0 aromatic heterocycles. The Labute approximate surface area is 207 Å². The van der Waals surface area contributed by atoms with Crippen molar-refractivity contribution in [3.8, 4) is 0 Å². The van der Waals surface area contributed by atoms with Crippen LogP contribution in [-0.4, -0.2) is 50.0 Å². The molecule has 2 aromatic rings. The topological polar surface area (TPSA) is 86.8 Å². The zero-order valence-electron chi connectivity index (χ0n) is 20.8. The fourth-order valence-corrected chi connectivity index (χ4v) is 5.26. The van der Waals surface area contributed by atoms with Crippen LogP contribution in [0.5, 0.6) is 0 Å². The Morgan fingerprint density at radius 2 is 1.71 bits per heavy atom. The normalized spacial score (nSPS) is 15.0. The zero-order valence-corrected chi connectivity index (χ0v) is 21.6. The number of carbonyl (C=O) groups is 2. The summed E-state index contributed by atoms with van der Waals surface area (Å²) in [4.78, 5) is 28.0. The number of hydrogen-bond donors (Lipinski definition) is 1. The van der Waals surface area contributed by atoms with E-state index in [-0.39, 0.29) is 18.5 Å². The first-order valence-corrected chi connectivity index (χ1v) is 13.7. The maximum absolute atomic E-state index is 13.6. The van der Waals surface area contributed by atoms with E-state index in [0.29, 0.717) is 11.3 Å². The van der Waals surface area contributed by atoms with Gasteiger partial charge < -0.3 is 10.2 Å². The number of halogens is 1. The number of carbonyl (C=O) groups excluding carboxylic acids is 2. The maximum atomic E-state index is 13.6. The van der Waals surface area contributed by atoms with Crippen molar-refractivity contribution in [2.45, 2.75) is 65.1 Å². The van der Waals surface area contributed by atoms with Gasteiger partial charge in [-0.2, -0.15) is 0 Å². The summed E-state index contributed by atoms with van der Waals surface area (Å²) in [6.45, 7) is 4.90. The van der Waals surface area contributed by atoms with E-state index in [2.05, 4.69) is 5.32 Å². The number of hydrogen-bond acceptors (Lipinski definition) is 4. The minimum Gasteiger partial charge on any atom is -0.352 e. The van der Waals surface area contributed by atoms with E-state index in [1.807, 2.05) is 13.0 Å². The lowest BCUT2D eigenvalue weighted by Crippen LogP contribution is -2.52. The summed E-state index contributed by atoms with van der Waals surface area (Å²) in [5, 5.41) is 3.02. The van der Waals surface area contributed by atoms with Crippen molar-refractivity contribution in [2.24, 2.45) is 0 Å². The molecule has 1 saturated carbocycles. The summed E-state index contributed by atoms with van der Waals surface area (Å²) in [7, 11) is -3.79. The van der Waals surface area contributed by atoms with Crippen molar-refractivity contribution < 1.29 is 22.4 Å². The summed E-state index contributed by atoms with van der Waals surface area (Å²) >= 11 is 0. The first-order chi connectivity index (χ1) is 16.5. The van der Waals surface area contributed by atoms with Gasteiger partial charge in [0, 0.05) is 12.6 Å². The lowest BCUT2D eigenvalue weighted by Gasteiger charge is -2.32. The number of sulfonamides is 1. The van der Waals surface area contributed by atoms with Gasteiger partial charge in [0.1, 0.15) is 18.4 Å². The van der Waals surface area contributed by atoms with Crippen LogP contribution in [0.1, 0.15) is 49.3 Å². The second-order valence-electron chi connectivity index (χ2n) is 9.30. The number of nitrogens with zero attached hydrogens (tertiary/aromatic N) is 2. The average molecular weight is 504 g/mol. The van der Waals surface area contributed by atoms with Crippen molar-refractivity contribution in [1.29, 1.82) is 0 Å². The Kier molecular flexibility index (Phi) is 8.53. The highest BCUT2D eigenvalue weighted by molar-refractivity contribution is 7.92. The second-order valence-corrected chi connectivity index (χ2v) is 11.2. The molecular weight excluding hydrogens is 469 g/mol. The Morgan fingerprint density at radius 1 is 1.09 bits per heavy atom. The minimum absolute atomic E-state index is 0.0444. The van der Waals surface area contributed by atoms with Crippen LogP contribution in [0.4, 0.5) is 10.1 Å². The summed E-state index contributed by atoms with van der Waals surface area (Å²) in [6.07, 6.45) is 4.97. The molecule has 2 aromatic carbocycles. The molecule has 3 rings (SSSR count). The van der Waals surface area contributed by atoms with E-state index in [4.69, 9.17) is 0 Å². The van der Waals surface area contributed by atoms with Crippen molar-refractivity contribution in [3.05, 3.63) is 65.0 Å². The van der Waals surface area contributed by atoms with Crippen LogP contribution in [0.15, 0.2) is 42.5 Å². The maximum Gasteiger partial charge on any atom is 0.244 e. The van der Waals surface area contributed by atoms with Gasteiger partial charge in [0.25, 0.3) is 0 Å². The van der Waals surface area contributed by atoms with Gasteiger partial charge in [0.15, 0.2) is 0 Å². The van der Waals surface area contributed by atoms with Gasteiger partial charge in [-0.15, -0.1) is 0 Å². The van der Waals surface area contributed by atoms with Gasteiger partial charge in [0.2, 0.25) is 21.8 Å². The van der Waals surface area contributed by atoms with Gasteiger partial charge in [-0.05, 0) is 68.5 Å². The van der Waals surface area contributed by atoms with Gasteiger partial charge in [-0.25, -0.2) is 12.8 Å². The number of nitrogens with one attached hydrogen (secondary N) is 1. The summed E-state index contributed by atoms with van der Waals surface area (Å²) in [6, 6.07) is 10.2. The van der Waals surface area contributed by atoms with Crippen molar-refractivity contribution >= 4 is 27.5 Å². The van der Waals surface area contributed by atoms with E-state index in [9.17, 15) is 22.4 Å². The van der Waals surface area contributed by atoms with Crippen LogP contribution >= 0.6 is 0 Å². The van der Waals surface area contributed by atoms with Crippen molar-refractivity contribution in [3.63, 3.8) is 0 Å². The number of amides is 2. The Bertz CT molecular complexity index is 1160. The SMILES string of the molecule is Cc1cccc(N(CC(=O)N(Cc2ccc(F)cc2)[C@H](C)C(=O)NC2CCCC2)S(C)(=O)=O)c1C. The summed E-state index contributed by atoms with van der Waals surface area (Å²) in [5.74, 6) is -1.21. The van der Waals surface area contributed by atoms with Gasteiger partial charge >= 0.3 is 0 Å². The number of rotatable bonds is 9. The highest BCUT2D eigenvalue weighted by atomic mass is 32.2. The predicted octanol–water partition coefficient (Wildman–Crippen LogP) is 3.68. The van der Waals surface area contributed by atoms with E-state index in [1.54, 1.807) is 38.1 Å². The molecule has 1 atom stereocenters. The lowest BCUT2D eigenvalue weighted by atomic mass is 10.1. The Balaban J connectivity index is 1.90. The number of aryl methyl sites for hydroxylation is 1. The Morgan fingerprint density at radius 3 is 2.31 bits per heavy atom. The molecule has 2 amide bonds. The standard InChI is InChI=1S/C26H34FN3O4S/c1-18-8-7-11-24(19(18)2)30(35(4,33)34)17-25(31)29(16-21-12-14-22(27)15-13-21)20(3)26(32)28-23-9-5-6-10-23/h7-8,11-15,20,23H,5-6,9-10,16-17H2,1-4H3,(H,28,32)/t20-/m1/s1. The minimum atomic E-state index is -3.79. The molecule has 7 nitrogen and oxygen atoms in total. The molecule has 0 spiro atoms. The van der Waals surface area contributed by atoms with E-state index < -0.39 is 34.3 Å². The molecule has 1 aliphatic rings. The molecule has 190 valence electrons. The molecule has 0 heterocycles. The molecule has 0 aliphatic heterocycles. The largest absolute Gasteiger partial charge is 0.352 e. The zero-order chi connectivity index (χ0) is 25.8. The van der Waals surface area contributed by atoms with Gasteiger partial charge in [0.05, 0.1) is 11.9 Å². The fraction of sp³-hybridized carbons (Fsp3) is 0.462. The molecule has 0 unspecified atom stereocenters. The van der Waals surface area contributed by atoms with Crippen molar-refractivity contribution in [1.82, 2.24) is 10.2 Å². The Hall–Kier alpha value is -2.94. The molecule has 0 bridgehead atoms. The molecule has 1 fully saturated rings. The van der Waals surface area contributed by atoms with Crippen LogP contribution in [0.3, 0.4) is 0 Å². The molecule has 35 heavy (non-hydrogen) atoms. The number of benzene rings is 2. The molecule has 1 aliphatic carbocycles. The third-order valence-corrected chi connectivity index (χ3v) is 7.79. The third kappa shape index (κ3) is 6.81. The summed E-state index contributed by atoms with van der Waals surface area (Å²) < 4.78 is 40.0. The van der Waals surface area contributed by atoms with E-state index in [0.717, 1.165) is 47.4 Å². The number of anilines is 1. The molecule has 0 radical (unpaired) electrons. The van der Waals surface area contributed by atoms with Crippen molar-refractivity contribution in [2.75, 3.05) is 17.1 Å². The van der Waals surface area contributed by atoms with Gasteiger partial charge in [-0.1, -0.05) is 37.1 Å². The molecular formula is C26H34FN3O4S. The van der Waals surface area contributed by atoms with Gasteiger partial charge in [-0.3, -0.25) is 13.9 Å². The molecule has 0 saturated heterocycles. The average Bonchev–Trinajstić information content (AvgIpc) is 3.31. The first-order valence-electron chi connectivity index (χ1n) is 11.9. The monoisotopic (exact) mass is 503 g/mol. The second kappa shape index (κ2) is 11.2. The fourth-order valence-electron chi connectivity index (χ4n) is 4.36. The first kappa shape index (κ1) is 26.7. The predicted molar refractivity (Wildman–Crippen MR) is 135 cm³/mol. The smallest absolute Gasteiger partial charge is 0.244 e. The highest BCUT2D eigenvalue weighted by Crippen LogP contribution is 2.25.